The zero-order chi connectivity index (χ0) is 14.5. The summed E-state index contributed by atoms with van der Waals surface area (Å²) in [5.41, 5.74) is 8.24. The van der Waals surface area contributed by atoms with Gasteiger partial charge in [0.05, 0.1) is 0 Å². The third kappa shape index (κ3) is 3.42. The van der Waals surface area contributed by atoms with Gasteiger partial charge in [-0.05, 0) is 29.7 Å². The summed E-state index contributed by atoms with van der Waals surface area (Å²) in [5.74, 6) is -0.0160. The second kappa shape index (κ2) is 6.43. The highest BCUT2D eigenvalue weighted by Crippen LogP contribution is 2.21. The molecule has 1 saturated heterocycles. The summed E-state index contributed by atoms with van der Waals surface area (Å²) in [6.07, 6.45) is 7.72. The minimum Gasteiger partial charge on any atom is -0.351 e. The lowest BCUT2D eigenvalue weighted by Gasteiger charge is -2.10. The third-order valence-electron chi connectivity index (χ3n) is 3.50. The first-order valence-electron chi connectivity index (χ1n) is 6.90. The van der Waals surface area contributed by atoms with Gasteiger partial charge < -0.3 is 5.32 Å². The molecule has 2 unspecified atom stereocenters. The van der Waals surface area contributed by atoms with E-state index < -0.39 is 0 Å². The molecule has 3 N–H and O–H groups in total. The predicted molar refractivity (Wildman–Crippen MR) is 77.7 cm³/mol. The van der Waals surface area contributed by atoms with Crippen molar-refractivity contribution in [3.05, 3.63) is 60.2 Å². The van der Waals surface area contributed by atoms with Crippen molar-refractivity contribution in [3.8, 4) is 0 Å². The van der Waals surface area contributed by atoms with Gasteiger partial charge in [-0.25, -0.2) is 10.9 Å². The van der Waals surface area contributed by atoms with Crippen molar-refractivity contribution in [2.24, 2.45) is 0 Å². The minimum atomic E-state index is -0.244. The maximum atomic E-state index is 12.1. The summed E-state index contributed by atoms with van der Waals surface area (Å²) in [5, 5.41) is 2.92. The van der Waals surface area contributed by atoms with Crippen molar-refractivity contribution in [1.29, 1.82) is 0 Å². The zero-order valence-corrected chi connectivity index (χ0v) is 11.5. The average Bonchev–Trinajstić information content (AvgIpc) is 3.04. The molecule has 0 spiro atoms. The van der Waals surface area contributed by atoms with Gasteiger partial charge in [0.1, 0.15) is 6.04 Å². The second-order valence-electron chi connectivity index (χ2n) is 4.99. The van der Waals surface area contributed by atoms with E-state index in [1.165, 1.54) is 0 Å². The standard InChI is InChI=1S/C15H17N5O/c21-15(18-9-11-3-1-5-16-8-11)14-7-13(19-20-14)12-4-2-6-17-10-12/h1-6,8,10,13-14,19-20H,7,9H2,(H,18,21). The molecule has 0 aromatic carbocycles. The maximum Gasteiger partial charge on any atom is 0.238 e. The Morgan fingerprint density at radius 1 is 1.19 bits per heavy atom. The summed E-state index contributed by atoms with van der Waals surface area (Å²) < 4.78 is 0. The first-order chi connectivity index (χ1) is 10.3. The number of pyridine rings is 2. The van der Waals surface area contributed by atoms with E-state index in [2.05, 4.69) is 26.1 Å². The Bertz CT molecular complexity index is 590. The van der Waals surface area contributed by atoms with Crippen LogP contribution in [0.25, 0.3) is 0 Å². The van der Waals surface area contributed by atoms with Crippen molar-refractivity contribution in [3.63, 3.8) is 0 Å². The van der Waals surface area contributed by atoms with Crippen LogP contribution in [0.2, 0.25) is 0 Å². The number of nitrogens with one attached hydrogen (secondary N) is 3. The first-order valence-corrected chi connectivity index (χ1v) is 6.90. The van der Waals surface area contributed by atoms with Gasteiger partial charge in [0.25, 0.3) is 0 Å². The number of rotatable bonds is 4. The molecule has 0 aliphatic carbocycles. The Morgan fingerprint density at radius 3 is 2.71 bits per heavy atom. The number of hydrogen-bond donors (Lipinski definition) is 3. The molecule has 3 heterocycles. The predicted octanol–water partition coefficient (Wildman–Crippen LogP) is 0.701. The van der Waals surface area contributed by atoms with Gasteiger partial charge in [-0.2, -0.15) is 0 Å². The van der Waals surface area contributed by atoms with Gasteiger partial charge in [-0.1, -0.05) is 12.1 Å². The molecule has 2 atom stereocenters. The fourth-order valence-corrected chi connectivity index (χ4v) is 2.34. The molecule has 2 aromatic heterocycles. The number of aromatic nitrogens is 2. The van der Waals surface area contributed by atoms with E-state index in [9.17, 15) is 4.79 Å². The van der Waals surface area contributed by atoms with Crippen LogP contribution >= 0.6 is 0 Å². The first kappa shape index (κ1) is 13.7. The van der Waals surface area contributed by atoms with Crippen LogP contribution in [-0.4, -0.2) is 21.9 Å². The molecule has 3 rings (SSSR count). The average molecular weight is 283 g/mol. The topological polar surface area (TPSA) is 78.9 Å². The summed E-state index contributed by atoms with van der Waals surface area (Å²) >= 11 is 0. The van der Waals surface area contributed by atoms with Gasteiger partial charge in [0.15, 0.2) is 0 Å². The normalized spacial score (nSPS) is 21.1. The lowest BCUT2D eigenvalue weighted by molar-refractivity contribution is -0.123. The van der Waals surface area contributed by atoms with E-state index in [0.29, 0.717) is 13.0 Å². The SMILES string of the molecule is O=C(NCc1cccnc1)C1CC(c2cccnc2)NN1. The number of nitrogens with zero attached hydrogens (tertiary/aromatic N) is 2. The number of amides is 1. The number of carbonyl (C=O) groups excluding carboxylic acids is 1. The monoisotopic (exact) mass is 283 g/mol. The summed E-state index contributed by atoms with van der Waals surface area (Å²) in [4.78, 5) is 20.3. The highest BCUT2D eigenvalue weighted by molar-refractivity contribution is 5.82. The Morgan fingerprint density at radius 2 is 2.00 bits per heavy atom. The van der Waals surface area contributed by atoms with E-state index in [1.54, 1.807) is 18.6 Å². The minimum absolute atomic E-state index is 0.0160. The lowest BCUT2D eigenvalue weighted by atomic mass is 10.0. The third-order valence-corrected chi connectivity index (χ3v) is 3.50. The van der Waals surface area contributed by atoms with E-state index in [4.69, 9.17) is 0 Å². The summed E-state index contributed by atoms with van der Waals surface area (Å²) in [6.45, 7) is 0.489. The van der Waals surface area contributed by atoms with Crippen LogP contribution in [0.3, 0.4) is 0 Å². The Hall–Kier alpha value is -2.31. The van der Waals surface area contributed by atoms with Crippen molar-refractivity contribution in [2.45, 2.75) is 25.0 Å². The molecular formula is C15H17N5O. The van der Waals surface area contributed by atoms with Gasteiger partial charge in [0.2, 0.25) is 5.91 Å². The molecule has 1 aliphatic rings. The fraction of sp³-hybridized carbons (Fsp3) is 0.267. The Kier molecular flexibility index (Phi) is 4.18. The second-order valence-corrected chi connectivity index (χ2v) is 4.99. The molecule has 6 heteroatoms. The molecule has 1 fully saturated rings. The molecular weight excluding hydrogens is 266 g/mol. The van der Waals surface area contributed by atoms with Crippen molar-refractivity contribution >= 4 is 5.91 Å². The van der Waals surface area contributed by atoms with Crippen LogP contribution in [-0.2, 0) is 11.3 Å². The molecule has 6 nitrogen and oxygen atoms in total. The highest BCUT2D eigenvalue weighted by Gasteiger charge is 2.29. The van der Waals surface area contributed by atoms with E-state index in [0.717, 1.165) is 11.1 Å². The number of hydrogen-bond acceptors (Lipinski definition) is 5. The van der Waals surface area contributed by atoms with Crippen LogP contribution in [0.15, 0.2) is 49.1 Å². The summed E-state index contributed by atoms with van der Waals surface area (Å²) in [6, 6.07) is 7.55. The van der Waals surface area contributed by atoms with Gasteiger partial charge in [-0.15, -0.1) is 0 Å². The zero-order valence-electron chi connectivity index (χ0n) is 11.5. The molecule has 1 aliphatic heterocycles. The van der Waals surface area contributed by atoms with Crippen LogP contribution in [0.5, 0.6) is 0 Å². The maximum absolute atomic E-state index is 12.1. The molecule has 1 amide bonds. The van der Waals surface area contributed by atoms with Crippen molar-refractivity contribution in [2.75, 3.05) is 0 Å². The van der Waals surface area contributed by atoms with Crippen LogP contribution in [0.4, 0.5) is 0 Å². The van der Waals surface area contributed by atoms with E-state index in [1.807, 2.05) is 30.5 Å². The number of hydrazine groups is 1. The quantitative estimate of drug-likeness (QED) is 0.770. The molecule has 108 valence electrons. The summed E-state index contributed by atoms with van der Waals surface area (Å²) in [7, 11) is 0. The van der Waals surface area contributed by atoms with Crippen LogP contribution < -0.4 is 16.2 Å². The lowest BCUT2D eigenvalue weighted by Crippen LogP contribution is -2.42. The van der Waals surface area contributed by atoms with Gasteiger partial charge in [0, 0.05) is 37.4 Å². The fourth-order valence-electron chi connectivity index (χ4n) is 2.34. The van der Waals surface area contributed by atoms with Crippen molar-refractivity contribution < 1.29 is 4.79 Å². The van der Waals surface area contributed by atoms with E-state index >= 15 is 0 Å². The largest absolute Gasteiger partial charge is 0.351 e. The molecule has 2 aromatic rings. The Labute approximate surface area is 123 Å². The van der Waals surface area contributed by atoms with Crippen LogP contribution in [0, 0.1) is 0 Å². The smallest absolute Gasteiger partial charge is 0.238 e. The number of carbonyl (C=O) groups is 1. The molecule has 21 heavy (non-hydrogen) atoms. The highest BCUT2D eigenvalue weighted by atomic mass is 16.2. The van der Waals surface area contributed by atoms with Gasteiger partial charge >= 0.3 is 0 Å². The Balaban J connectivity index is 1.53. The van der Waals surface area contributed by atoms with Crippen molar-refractivity contribution in [1.82, 2.24) is 26.1 Å². The molecule has 0 saturated carbocycles. The van der Waals surface area contributed by atoms with Crippen LogP contribution in [0.1, 0.15) is 23.6 Å². The van der Waals surface area contributed by atoms with E-state index in [-0.39, 0.29) is 18.0 Å². The van der Waals surface area contributed by atoms with Gasteiger partial charge in [-0.3, -0.25) is 14.8 Å². The molecule has 0 bridgehead atoms. The molecule has 0 radical (unpaired) electrons.